The first-order valence-electron chi connectivity index (χ1n) is 13.6. The molecule has 1 fully saturated rings. The van der Waals surface area contributed by atoms with Crippen molar-refractivity contribution >= 4 is 29.8 Å². The predicted molar refractivity (Wildman–Crippen MR) is 145 cm³/mol. The molecule has 0 unspecified atom stereocenters. The van der Waals surface area contributed by atoms with Crippen molar-refractivity contribution in [3.05, 3.63) is 29.8 Å². The molecule has 7 atom stereocenters. The number of carbonyl (C=O) groups excluding carboxylic acids is 5. The van der Waals surface area contributed by atoms with Gasteiger partial charge in [0.05, 0.1) is 20.8 Å². The number of ether oxygens (including phenoxy) is 9. The molecule has 1 aliphatic rings. The number of hydrogen-bond acceptors (Lipinski definition) is 14. The van der Waals surface area contributed by atoms with Gasteiger partial charge in [-0.05, 0) is 24.6 Å². The van der Waals surface area contributed by atoms with Gasteiger partial charge in [-0.2, -0.15) is 0 Å². The van der Waals surface area contributed by atoms with Crippen molar-refractivity contribution in [1.82, 2.24) is 0 Å². The highest BCUT2D eigenvalue weighted by Crippen LogP contribution is 2.42. The second-order valence-electron chi connectivity index (χ2n) is 9.71. The molecule has 1 heterocycles. The fourth-order valence-electron chi connectivity index (χ4n) is 4.72. The van der Waals surface area contributed by atoms with Crippen LogP contribution in [0.15, 0.2) is 24.3 Å². The van der Waals surface area contributed by atoms with E-state index in [1.54, 1.807) is 38.1 Å². The van der Waals surface area contributed by atoms with Crippen LogP contribution in [-0.2, 0) is 68.5 Å². The van der Waals surface area contributed by atoms with E-state index in [1.165, 1.54) is 14.0 Å². The minimum atomic E-state index is -2.39. The summed E-state index contributed by atoms with van der Waals surface area (Å²) in [5.74, 6) is -6.71. The van der Waals surface area contributed by atoms with Crippen LogP contribution >= 0.6 is 0 Å². The molecular formula is C29H40O14. The highest BCUT2D eigenvalue weighted by atomic mass is 16.8. The SMILES string of the molecule is CCO[C@H]1[C@H](OC(C)=O)[C@@H](C)[C@H]([C@H](OC(C)=O)[C@@H](COC(C)=O)OC(C)=O)O[C@@]1(OCc1ccc(OC)cc1)C(=O)OC. The summed E-state index contributed by atoms with van der Waals surface area (Å²) in [7, 11) is 2.62. The van der Waals surface area contributed by atoms with Gasteiger partial charge in [0.15, 0.2) is 18.3 Å². The number of esters is 5. The van der Waals surface area contributed by atoms with Gasteiger partial charge in [0.2, 0.25) is 0 Å². The Labute approximate surface area is 250 Å². The van der Waals surface area contributed by atoms with Gasteiger partial charge in [-0.3, -0.25) is 19.2 Å². The monoisotopic (exact) mass is 612 g/mol. The molecule has 0 aromatic heterocycles. The summed E-state index contributed by atoms with van der Waals surface area (Å²) in [5.41, 5.74) is 0.603. The van der Waals surface area contributed by atoms with Gasteiger partial charge in [0.1, 0.15) is 24.6 Å². The molecule has 1 aromatic carbocycles. The van der Waals surface area contributed by atoms with Crippen LogP contribution in [0.4, 0.5) is 0 Å². The van der Waals surface area contributed by atoms with E-state index >= 15 is 0 Å². The molecule has 0 N–H and O–H groups in total. The summed E-state index contributed by atoms with van der Waals surface area (Å²) >= 11 is 0. The zero-order chi connectivity index (χ0) is 32.3. The van der Waals surface area contributed by atoms with Gasteiger partial charge >= 0.3 is 35.6 Å². The smallest absolute Gasteiger partial charge is 0.369 e. The second-order valence-corrected chi connectivity index (χ2v) is 9.71. The van der Waals surface area contributed by atoms with Crippen LogP contribution in [0.5, 0.6) is 5.75 Å². The van der Waals surface area contributed by atoms with Gasteiger partial charge in [-0.25, -0.2) is 4.79 Å². The van der Waals surface area contributed by atoms with Crippen molar-refractivity contribution in [2.45, 2.75) is 84.5 Å². The van der Waals surface area contributed by atoms with Crippen molar-refractivity contribution < 1.29 is 66.6 Å². The van der Waals surface area contributed by atoms with Crippen LogP contribution in [0.25, 0.3) is 0 Å². The molecule has 240 valence electrons. The second kappa shape index (κ2) is 16.2. The van der Waals surface area contributed by atoms with Gasteiger partial charge < -0.3 is 42.6 Å². The number of rotatable bonds is 14. The van der Waals surface area contributed by atoms with Crippen molar-refractivity contribution in [1.29, 1.82) is 0 Å². The summed E-state index contributed by atoms with van der Waals surface area (Å²) in [6.45, 7) is 7.10. The maximum Gasteiger partial charge on any atom is 0.369 e. The fourth-order valence-corrected chi connectivity index (χ4v) is 4.72. The normalized spacial score (nSPS) is 24.6. The molecule has 1 saturated heterocycles. The zero-order valence-electron chi connectivity index (χ0n) is 25.6. The highest BCUT2D eigenvalue weighted by molar-refractivity contribution is 5.79. The minimum absolute atomic E-state index is 0.0454. The molecule has 0 radical (unpaired) electrons. The molecule has 0 bridgehead atoms. The number of benzene rings is 1. The van der Waals surface area contributed by atoms with E-state index < -0.39 is 78.7 Å². The lowest BCUT2D eigenvalue weighted by molar-refractivity contribution is -0.364. The Morgan fingerprint density at radius 1 is 0.907 bits per heavy atom. The van der Waals surface area contributed by atoms with E-state index in [0.717, 1.165) is 27.9 Å². The van der Waals surface area contributed by atoms with Crippen LogP contribution in [0.1, 0.15) is 47.1 Å². The first-order valence-corrected chi connectivity index (χ1v) is 13.6. The predicted octanol–water partition coefficient (Wildman–Crippen LogP) is 1.88. The molecule has 14 heteroatoms. The van der Waals surface area contributed by atoms with E-state index in [1.807, 2.05) is 0 Å². The Kier molecular flexibility index (Phi) is 13.3. The summed E-state index contributed by atoms with van der Waals surface area (Å²) in [6, 6.07) is 6.77. The number of carbonyl (C=O) groups is 5. The van der Waals surface area contributed by atoms with E-state index in [4.69, 9.17) is 42.6 Å². The minimum Gasteiger partial charge on any atom is -0.497 e. The Morgan fingerprint density at radius 2 is 1.53 bits per heavy atom. The van der Waals surface area contributed by atoms with E-state index in [2.05, 4.69) is 0 Å². The van der Waals surface area contributed by atoms with Crippen LogP contribution in [0, 0.1) is 5.92 Å². The van der Waals surface area contributed by atoms with Gasteiger partial charge in [-0.1, -0.05) is 19.1 Å². The van der Waals surface area contributed by atoms with Crippen LogP contribution in [0.3, 0.4) is 0 Å². The van der Waals surface area contributed by atoms with Crippen LogP contribution in [-0.4, -0.2) is 93.6 Å². The molecule has 43 heavy (non-hydrogen) atoms. The van der Waals surface area contributed by atoms with E-state index in [0.29, 0.717) is 11.3 Å². The van der Waals surface area contributed by atoms with E-state index in [-0.39, 0.29) is 13.2 Å². The third-order valence-electron chi connectivity index (χ3n) is 6.51. The Bertz CT molecular complexity index is 1120. The van der Waals surface area contributed by atoms with Crippen molar-refractivity contribution in [2.24, 2.45) is 5.92 Å². The molecule has 0 aliphatic carbocycles. The van der Waals surface area contributed by atoms with Crippen LogP contribution < -0.4 is 4.74 Å². The standard InChI is InChI=1S/C29H40O14/c1-9-37-27-25(41-19(5)32)16(2)24(26(42-20(6)33)23(40-18(4)31)15-38-17(3)30)43-29(27,28(34)36-8)39-14-21-10-12-22(35-7)13-11-21/h10-13,16,23-27H,9,14-15H2,1-8H3/t16-,23+,24+,25+,26+,27-,29+/m0/s1. The molecule has 0 spiro atoms. The van der Waals surface area contributed by atoms with Crippen molar-refractivity contribution in [2.75, 3.05) is 27.4 Å². The summed E-state index contributed by atoms with van der Waals surface area (Å²) in [6.07, 6.45) is -6.82. The Hall–Kier alpha value is -3.75. The zero-order valence-corrected chi connectivity index (χ0v) is 25.6. The quantitative estimate of drug-likeness (QED) is 0.220. The maximum absolute atomic E-state index is 13.6. The lowest BCUT2D eigenvalue weighted by Gasteiger charge is -2.51. The summed E-state index contributed by atoms with van der Waals surface area (Å²) in [5, 5.41) is 0. The lowest BCUT2D eigenvalue weighted by atomic mass is 9.82. The van der Waals surface area contributed by atoms with Gasteiger partial charge in [-0.15, -0.1) is 0 Å². The first-order chi connectivity index (χ1) is 20.3. The molecule has 0 saturated carbocycles. The molecule has 0 amide bonds. The lowest BCUT2D eigenvalue weighted by Crippen LogP contribution is -2.70. The summed E-state index contributed by atoms with van der Waals surface area (Å²) in [4.78, 5) is 61.9. The third kappa shape index (κ3) is 9.37. The third-order valence-corrected chi connectivity index (χ3v) is 6.51. The first kappa shape index (κ1) is 35.4. The Balaban J connectivity index is 2.73. The molecule has 1 aromatic rings. The largest absolute Gasteiger partial charge is 0.497 e. The maximum atomic E-state index is 13.6. The van der Waals surface area contributed by atoms with E-state index in [9.17, 15) is 24.0 Å². The number of hydrogen-bond donors (Lipinski definition) is 0. The highest BCUT2D eigenvalue weighted by Gasteiger charge is 2.64. The average Bonchev–Trinajstić information content (AvgIpc) is 2.95. The molecular weight excluding hydrogens is 572 g/mol. The van der Waals surface area contributed by atoms with Crippen molar-refractivity contribution in [3.63, 3.8) is 0 Å². The number of methoxy groups -OCH3 is 2. The molecule has 1 aliphatic heterocycles. The average molecular weight is 613 g/mol. The van der Waals surface area contributed by atoms with Crippen molar-refractivity contribution in [3.8, 4) is 5.75 Å². The molecule has 14 nitrogen and oxygen atoms in total. The van der Waals surface area contributed by atoms with Crippen LogP contribution in [0.2, 0.25) is 0 Å². The van der Waals surface area contributed by atoms with Gasteiger partial charge in [0.25, 0.3) is 0 Å². The van der Waals surface area contributed by atoms with Gasteiger partial charge in [0, 0.05) is 40.2 Å². The topological polar surface area (TPSA) is 168 Å². The fraction of sp³-hybridized carbons (Fsp3) is 0.621. The molecule has 2 rings (SSSR count). The summed E-state index contributed by atoms with van der Waals surface area (Å²) < 4.78 is 50.5. The Morgan fingerprint density at radius 3 is 2.02 bits per heavy atom.